The van der Waals surface area contributed by atoms with E-state index in [-0.39, 0.29) is 33.5 Å². The fourth-order valence-electron chi connectivity index (χ4n) is 3.17. The van der Waals surface area contributed by atoms with Gasteiger partial charge in [0.2, 0.25) is 5.91 Å². The lowest BCUT2D eigenvalue weighted by molar-refractivity contribution is -0.136. The van der Waals surface area contributed by atoms with Gasteiger partial charge in [-0.05, 0) is 18.6 Å². The predicted octanol–water partition coefficient (Wildman–Crippen LogP) is -0.170. The van der Waals surface area contributed by atoms with Crippen molar-refractivity contribution in [3.63, 3.8) is 0 Å². The first-order chi connectivity index (χ1) is 12.9. The van der Waals surface area contributed by atoms with Gasteiger partial charge in [-0.1, -0.05) is 0 Å². The lowest BCUT2D eigenvalue weighted by atomic mass is 10.0. The molecule has 148 valence electrons. The van der Waals surface area contributed by atoms with E-state index >= 15 is 0 Å². The van der Waals surface area contributed by atoms with Gasteiger partial charge in [0.25, 0.3) is 16.0 Å². The van der Waals surface area contributed by atoms with Gasteiger partial charge >= 0.3 is 11.6 Å². The van der Waals surface area contributed by atoms with Gasteiger partial charge in [-0.15, -0.1) is 0 Å². The van der Waals surface area contributed by atoms with Crippen molar-refractivity contribution in [3.05, 3.63) is 33.7 Å². The van der Waals surface area contributed by atoms with Crippen LogP contribution in [0, 0.1) is 6.92 Å². The first kappa shape index (κ1) is 19.5. The Labute approximate surface area is 157 Å². The molecule has 1 aliphatic rings. The zero-order valence-corrected chi connectivity index (χ0v) is 15.1. The molecule has 0 saturated carbocycles. The number of nitrogens with two attached hydrogens (primary N) is 1. The van der Waals surface area contributed by atoms with Crippen molar-refractivity contribution in [1.29, 1.82) is 0 Å². The van der Waals surface area contributed by atoms with Gasteiger partial charge in [-0.2, -0.15) is 8.42 Å². The largest absolute Gasteiger partial charge is 0.481 e. The molecular weight excluding hydrogens is 396 g/mol. The zero-order valence-electron chi connectivity index (χ0n) is 14.3. The third-order valence-corrected chi connectivity index (χ3v) is 5.50. The molecule has 1 fully saturated rings. The highest BCUT2D eigenvalue weighted by molar-refractivity contribution is 7.87. The first-order valence-electron chi connectivity index (χ1n) is 7.82. The first-order valence-corrected chi connectivity index (χ1v) is 9.32. The van der Waals surface area contributed by atoms with Crippen LogP contribution in [0.25, 0.3) is 11.0 Å². The number of hydrogen-bond acceptors (Lipinski definition) is 8. The molecule has 1 atom stereocenters. The van der Waals surface area contributed by atoms with Gasteiger partial charge in [-0.3, -0.25) is 18.9 Å². The minimum absolute atomic E-state index is 0.00643. The molecule has 4 N–H and O–H groups in total. The Kier molecular flexibility index (Phi) is 4.47. The van der Waals surface area contributed by atoms with Crippen molar-refractivity contribution in [2.45, 2.75) is 25.0 Å². The molecule has 1 aliphatic heterocycles. The fraction of sp³-hybridized carbons (Fsp3) is 0.250. The highest BCUT2D eigenvalue weighted by Gasteiger charge is 2.47. The Morgan fingerprint density at radius 3 is 2.50 bits per heavy atom. The summed E-state index contributed by atoms with van der Waals surface area (Å²) in [6, 6.07) is 2.45. The molecule has 1 saturated heterocycles. The molecule has 2 heterocycles. The molecular formula is C16H14N2O9S. The lowest BCUT2D eigenvalue weighted by Gasteiger charge is -2.19. The zero-order chi connectivity index (χ0) is 21.0. The number of carbonyl (C=O) groups excluding carboxylic acids is 2. The third-order valence-electron chi connectivity index (χ3n) is 4.41. The van der Waals surface area contributed by atoms with E-state index < -0.39 is 51.6 Å². The summed E-state index contributed by atoms with van der Waals surface area (Å²) >= 11 is 0. The van der Waals surface area contributed by atoms with Crippen molar-refractivity contribution in [1.82, 2.24) is 0 Å². The molecule has 1 aromatic carbocycles. The van der Waals surface area contributed by atoms with Crippen LogP contribution in [0.2, 0.25) is 0 Å². The van der Waals surface area contributed by atoms with E-state index in [0.29, 0.717) is 4.90 Å². The summed E-state index contributed by atoms with van der Waals surface area (Å²) in [4.78, 5) is 48.5. The van der Waals surface area contributed by atoms with Crippen LogP contribution in [0.4, 0.5) is 11.4 Å². The van der Waals surface area contributed by atoms with E-state index in [0.717, 1.165) is 0 Å². The molecule has 0 aliphatic carbocycles. The second-order valence-electron chi connectivity index (χ2n) is 6.25. The van der Waals surface area contributed by atoms with Crippen LogP contribution < -0.4 is 16.3 Å². The van der Waals surface area contributed by atoms with Crippen LogP contribution in [0.1, 0.15) is 17.5 Å². The summed E-state index contributed by atoms with van der Waals surface area (Å²) in [6.45, 7) is 1.41. The number of anilines is 2. The minimum atomic E-state index is -4.82. The van der Waals surface area contributed by atoms with Gasteiger partial charge in [0, 0.05) is 17.1 Å². The Hall–Kier alpha value is -3.25. The number of hydrogen-bond donors (Lipinski definition) is 3. The van der Waals surface area contributed by atoms with Crippen LogP contribution in [0.5, 0.6) is 0 Å². The van der Waals surface area contributed by atoms with E-state index in [1.54, 1.807) is 0 Å². The molecule has 3 rings (SSSR count). The topological polar surface area (TPSA) is 185 Å². The van der Waals surface area contributed by atoms with E-state index in [1.807, 2.05) is 0 Å². The summed E-state index contributed by atoms with van der Waals surface area (Å²) in [5.41, 5.74) is 4.51. The Morgan fingerprint density at radius 1 is 1.32 bits per heavy atom. The van der Waals surface area contributed by atoms with Crippen molar-refractivity contribution in [2.75, 3.05) is 10.6 Å². The number of carboxylic acid groups (broad SMARTS) is 1. The predicted molar refractivity (Wildman–Crippen MR) is 95.4 cm³/mol. The molecule has 0 spiro atoms. The number of benzene rings is 1. The quantitative estimate of drug-likeness (QED) is 0.264. The maximum Gasteiger partial charge on any atom is 0.340 e. The number of imide groups is 1. The number of carbonyl (C=O) groups is 3. The molecule has 2 aromatic rings. The van der Waals surface area contributed by atoms with E-state index in [2.05, 4.69) is 0 Å². The summed E-state index contributed by atoms with van der Waals surface area (Å²) in [5, 5.41) is 7.10. The lowest BCUT2D eigenvalue weighted by Crippen LogP contribution is -2.35. The maximum atomic E-state index is 12.5. The van der Waals surface area contributed by atoms with Crippen molar-refractivity contribution < 1.29 is 36.9 Å². The van der Waals surface area contributed by atoms with E-state index in [1.165, 1.54) is 19.1 Å². The molecule has 28 heavy (non-hydrogen) atoms. The monoisotopic (exact) mass is 410 g/mol. The normalized spacial score (nSPS) is 17.5. The Morgan fingerprint density at radius 2 is 1.96 bits per heavy atom. The molecule has 1 aromatic heterocycles. The van der Waals surface area contributed by atoms with Crippen molar-refractivity contribution in [3.8, 4) is 0 Å². The van der Waals surface area contributed by atoms with E-state index in [4.69, 9.17) is 15.3 Å². The van der Waals surface area contributed by atoms with Gasteiger partial charge < -0.3 is 15.3 Å². The summed E-state index contributed by atoms with van der Waals surface area (Å²) in [6.07, 6.45) is -1.44. The Bertz CT molecular complexity index is 1210. The number of fused-ring (bicyclic) bond motifs is 1. The van der Waals surface area contributed by atoms with Gasteiger partial charge in [0.05, 0.1) is 24.1 Å². The van der Waals surface area contributed by atoms with Crippen molar-refractivity contribution in [2.24, 2.45) is 0 Å². The molecule has 12 heteroatoms. The standard InChI is InChI=1S/C16H14N2O9S/c1-6-8(4-13(20)21)16(23)27-10-3-7(17)2-9(14(6)10)18-12(19)5-11(15(18)22)28(24,25)26/h2-3,11H,4-5,17H2,1H3,(H,20,21)(H,24,25,26). The number of amides is 2. The molecule has 1 unspecified atom stereocenters. The summed E-state index contributed by atoms with van der Waals surface area (Å²) in [5.74, 6) is -3.40. The third kappa shape index (κ3) is 3.12. The second kappa shape index (κ2) is 6.42. The van der Waals surface area contributed by atoms with Crippen LogP contribution in [0.3, 0.4) is 0 Å². The number of aliphatic carboxylic acids is 1. The SMILES string of the molecule is Cc1c(CC(=O)O)c(=O)oc2cc(N)cc(N3C(=O)CC(S(=O)(=O)O)C3=O)c12. The fourth-order valence-corrected chi connectivity index (χ4v) is 3.88. The highest BCUT2D eigenvalue weighted by atomic mass is 32.2. The average Bonchev–Trinajstić information content (AvgIpc) is 2.85. The summed E-state index contributed by atoms with van der Waals surface area (Å²) < 4.78 is 37.1. The highest BCUT2D eigenvalue weighted by Crippen LogP contribution is 2.36. The van der Waals surface area contributed by atoms with Crippen LogP contribution >= 0.6 is 0 Å². The molecule has 0 radical (unpaired) electrons. The average molecular weight is 410 g/mol. The molecule has 11 nitrogen and oxygen atoms in total. The van der Waals surface area contributed by atoms with Gasteiger partial charge in [0.1, 0.15) is 5.58 Å². The molecule has 2 amide bonds. The second-order valence-corrected chi connectivity index (χ2v) is 7.85. The number of nitrogen functional groups attached to an aromatic ring is 1. The van der Waals surface area contributed by atoms with Crippen molar-refractivity contribution >= 4 is 50.2 Å². The number of aryl methyl sites for hydroxylation is 1. The van der Waals surface area contributed by atoms with Gasteiger partial charge in [0.15, 0.2) is 5.25 Å². The van der Waals surface area contributed by atoms with Crippen LogP contribution in [-0.4, -0.2) is 41.1 Å². The smallest absolute Gasteiger partial charge is 0.340 e. The number of nitrogens with zero attached hydrogens (tertiary/aromatic N) is 1. The minimum Gasteiger partial charge on any atom is -0.481 e. The van der Waals surface area contributed by atoms with Crippen LogP contribution in [0.15, 0.2) is 21.3 Å². The Balaban J connectivity index is 2.32. The van der Waals surface area contributed by atoms with Crippen LogP contribution in [-0.2, 0) is 30.9 Å². The summed E-state index contributed by atoms with van der Waals surface area (Å²) in [7, 11) is -4.82. The number of rotatable bonds is 4. The van der Waals surface area contributed by atoms with E-state index in [9.17, 15) is 32.1 Å². The number of carboxylic acids is 1. The molecule has 0 bridgehead atoms. The maximum absolute atomic E-state index is 12.5. The van der Waals surface area contributed by atoms with Gasteiger partial charge in [-0.25, -0.2) is 9.69 Å².